The molecule has 6 heteroatoms. The summed E-state index contributed by atoms with van der Waals surface area (Å²) in [5, 5.41) is 3.47. The molecule has 2 aromatic carbocycles. The van der Waals surface area contributed by atoms with Crippen LogP contribution in [0.4, 0.5) is 10.1 Å². The number of ether oxygens (including phenoxy) is 2. The van der Waals surface area contributed by atoms with E-state index in [9.17, 15) is 9.18 Å². The molecular formula is C20H19FN2O3. The lowest BCUT2D eigenvalue weighted by atomic mass is 10.1. The number of anilines is 1. The lowest BCUT2D eigenvalue weighted by Crippen LogP contribution is -2.15. The second kappa shape index (κ2) is 7.93. The SMILES string of the molecule is COCCOc1ccc(F)cc1NC(=O)c1cc(C)nc2ccccc12. The number of benzene rings is 2. The van der Waals surface area contributed by atoms with Crippen LogP contribution in [0.3, 0.4) is 0 Å². The summed E-state index contributed by atoms with van der Waals surface area (Å²) in [6, 6.07) is 13.1. The van der Waals surface area contributed by atoms with Crippen LogP contribution in [0.2, 0.25) is 0 Å². The molecule has 3 rings (SSSR count). The van der Waals surface area contributed by atoms with Crippen LogP contribution < -0.4 is 10.1 Å². The van der Waals surface area contributed by atoms with Gasteiger partial charge in [0, 0.05) is 24.3 Å². The van der Waals surface area contributed by atoms with Crippen molar-refractivity contribution in [2.75, 3.05) is 25.6 Å². The van der Waals surface area contributed by atoms with Crippen LogP contribution in [0.25, 0.3) is 10.9 Å². The summed E-state index contributed by atoms with van der Waals surface area (Å²) >= 11 is 0. The van der Waals surface area contributed by atoms with E-state index in [1.54, 1.807) is 13.2 Å². The lowest BCUT2D eigenvalue weighted by Gasteiger charge is -2.13. The minimum Gasteiger partial charge on any atom is -0.489 e. The van der Waals surface area contributed by atoms with Crippen molar-refractivity contribution in [3.63, 3.8) is 0 Å². The van der Waals surface area contributed by atoms with Crippen LogP contribution in [-0.4, -0.2) is 31.2 Å². The molecule has 0 aliphatic carbocycles. The number of carbonyl (C=O) groups excluding carboxylic acids is 1. The summed E-state index contributed by atoms with van der Waals surface area (Å²) in [5.41, 5.74) is 2.20. The van der Waals surface area contributed by atoms with Gasteiger partial charge in [0.05, 0.1) is 23.4 Å². The first kappa shape index (κ1) is 17.8. The summed E-state index contributed by atoms with van der Waals surface area (Å²) in [5.74, 6) is -0.434. The highest BCUT2D eigenvalue weighted by Gasteiger charge is 2.15. The van der Waals surface area contributed by atoms with Crippen LogP contribution in [0.1, 0.15) is 16.1 Å². The zero-order valence-electron chi connectivity index (χ0n) is 14.6. The maximum Gasteiger partial charge on any atom is 0.256 e. The molecule has 5 nitrogen and oxygen atoms in total. The van der Waals surface area contributed by atoms with Crippen LogP contribution in [0.15, 0.2) is 48.5 Å². The summed E-state index contributed by atoms with van der Waals surface area (Å²) in [7, 11) is 1.56. The van der Waals surface area contributed by atoms with Crippen molar-refractivity contribution in [1.29, 1.82) is 0 Å². The van der Waals surface area contributed by atoms with Gasteiger partial charge in [0.25, 0.3) is 5.91 Å². The number of para-hydroxylation sites is 1. The molecule has 0 unspecified atom stereocenters. The lowest BCUT2D eigenvalue weighted by molar-refractivity contribution is 0.102. The fourth-order valence-electron chi connectivity index (χ4n) is 2.65. The molecule has 1 amide bonds. The first-order valence-corrected chi connectivity index (χ1v) is 8.17. The third-order valence-electron chi connectivity index (χ3n) is 3.82. The number of pyridine rings is 1. The molecule has 0 atom stereocenters. The highest BCUT2D eigenvalue weighted by molar-refractivity contribution is 6.12. The van der Waals surface area contributed by atoms with Crippen molar-refractivity contribution in [1.82, 2.24) is 4.98 Å². The van der Waals surface area contributed by atoms with Crippen molar-refractivity contribution in [3.05, 3.63) is 65.6 Å². The molecule has 0 aliphatic heterocycles. The van der Waals surface area contributed by atoms with Gasteiger partial charge in [0.1, 0.15) is 18.2 Å². The van der Waals surface area contributed by atoms with Gasteiger partial charge < -0.3 is 14.8 Å². The maximum atomic E-state index is 13.7. The van der Waals surface area contributed by atoms with Gasteiger partial charge >= 0.3 is 0 Å². The Kier molecular flexibility index (Phi) is 5.43. The monoisotopic (exact) mass is 354 g/mol. The first-order chi connectivity index (χ1) is 12.6. The predicted octanol–water partition coefficient (Wildman–Crippen LogP) is 3.96. The minimum atomic E-state index is -0.463. The second-order valence-corrected chi connectivity index (χ2v) is 5.76. The highest BCUT2D eigenvalue weighted by Crippen LogP contribution is 2.27. The van der Waals surface area contributed by atoms with Gasteiger partial charge in [-0.2, -0.15) is 0 Å². The van der Waals surface area contributed by atoms with Gasteiger partial charge in [-0.3, -0.25) is 9.78 Å². The first-order valence-electron chi connectivity index (χ1n) is 8.17. The molecule has 26 heavy (non-hydrogen) atoms. The molecule has 0 spiro atoms. The van der Waals surface area contributed by atoms with E-state index in [2.05, 4.69) is 10.3 Å². The molecule has 0 saturated heterocycles. The molecule has 134 valence electrons. The zero-order chi connectivity index (χ0) is 18.5. The number of fused-ring (bicyclic) bond motifs is 1. The summed E-state index contributed by atoms with van der Waals surface area (Å²) in [6.07, 6.45) is 0. The van der Waals surface area contributed by atoms with Gasteiger partial charge in [-0.05, 0) is 31.2 Å². The number of hydrogen-bond donors (Lipinski definition) is 1. The number of carbonyl (C=O) groups is 1. The number of nitrogens with zero attached hydrogens (tertiary/aromatic N) is 1. The van der Waals surface area contributed by atoms with Crippen molar-refractivity contribution in [2.45, 2.75) is 6.92 Å². The standard InChI is InChI=1S/C20H19FN2O3/c1-13-11-16(15-5-3-4-6-17(15)22-13)20(24)23-18-12-14(21)7-8-19(18)26-10-9-25-2/h3-8,11-12H,9-10H2,1-2H3,(H,23,24). The van der Waals surface area contributed by atoms with Crippen molar-refractivity contribution < 1.29 is 18.7 Å². The average Bonchev–Trinajstić information content (AvgIpc) is 2.63. The summed E-state index contributed by atoms with van der Waals surface area (Å²) in [6.45, 7) is 2.51. The van der Waals surface area contributed by atoms with Gasteiger partial charge in [-0.15, -0.1) is 0 Å². The Hall–Kier alpha value is -2.99. The van der Waals surface area contributed by atoms with Gasteiger partial charge in [0.15, 0.2) is 0 Å². The number of aromatic nitrogens is 1. The molecule has 1 aromatic heterocycles. The molecule has 0 fully saturated rings. The predicted molar refractivity (Wildman–Crippen MR) is 98.2 cm³/mol. The Morgan fingerprint density at radius 1 is 1.15 bits per heavy atom. The molecule has 3 aromatic rings. The third-order valence-corrected chi connectivity index (χ3v) is 3.82. The fourth-order valence-corrected chi connectivity index (χ4v) is 2.65. The Bertz CT molecular complexity index is 943. The molecule has 0 saturated carbocycles. The molecule has 0 radical (unpaired) electrons. The van der Waals surface area contributed by atoms with E-state index < -0.39 is 5.82 Å². The third kappa shape index (κ3) is 3.97. The molecule has 0 bridgehead atoms. The zero-order valence-corrected chi connectivity index (χ0v) is 14.6. The quantitative estimate of drug-likeness (QED) is 0.681. The number of nitrogens with one attached hydrogen (secondary N) is 1. The van der Waals surface area contributed by atoms with Crippen molar-refractivity contribution >= 4 is 22.5 Å². The Balaban J connectivity index is 1.92. The largest absolute Gasteiger partial charge is 0.489 e. The van der Waals surface area contributed by atoms with Crippen molar-refractivity contribution in [3.8, 4) is 5.75 Å². The number of rotatable bonds is 6. The van der Waals surface area contributed by atoms with Crippen LogP contribution in [0, 0.1) is 12.7 Å². The second-order valence-electron chi connectivity index (χ2n) is 5.76. The fraction of sp³-hybridized carbons (Fsp3) is 0.200. The molecule has 1 N–H and O–H groups in total. The number of methoxy groups -OCH3 is 1. The summed E-state index contributed by atoms with van der Waals surface area (Å²) in [4.78, 5) is 17.3. The van der Waals surface area contributed by atoms with E-state index in [-0.39, 0.29) is 11.6 Å². The van der Waals surface area contributed by atoms with E-state index in [1.807, 2.05) is 31.2 Å². The van der Waals surface area contributed by atoms with Gasteiger partial charge in [-0.25, -0.2) is 4.39 Å². The summed E-state index contributed by atoms with van der Waals surface area (Å²) < 4.78 is 24.2. The molecule has 0 aliphatic rings. The number of aryl methyl sites for hydroxylation is 1. The minimum absolute atomic E-state index is 0.268. The highest BCUT2D eigenvalue weighted by atomic mass is 19.1. The van der Waals surface area contributed by atoms with Crippen molar-refractivity contribution in [2.24, 2.45) is 0 Å². The van der Waals surface area contributed by atoms with Crippen LogP contribution in [0.5, 0.6) is 5.75 Å². The van der Waals surface area contributed by atoms with E-state index in [1.165, 1.54) is 18.2 Å². The number of halogens is 1. The normalized spacial score (nSPS) is 10.7. The van der Waals surface area contributed by atoms with Gasteiger partial charge in [0.2, 0.25) is 0 Å². The Labute approximate surface area is 150 Å². The van der Waals surface area contributed by atoms with E-state index in [0.29, 0.717) is 24.5 Å². The molecule has 1 heterocycles. The van der Waals surface area contributed by atoms with E-state index in [0.717, 1.165) is 16.6 Å². The Morgan fingerprint density at radius 2 is 1.96 bits per heavy atom. The molecular weight excluding hydrogens is 335 g/mol. The van der Waals surface area contributed by atoms with Gasteiger partial charge in [-0.1, -0.05) is 18.2 Å². The average molecular weight is 354 g/mol. The van der Waals surface area contributed by atoms with Crippen LogP contribution in [-0.2, 0) is 4.74 Å². The van der Waals surface area contributed by atoms with E-state index >= 15 is 0 Å². The maximum absolute atomic E-state index is 13.7. The Morgan fingerprint density at radius 3 is 2.77 bits per heavy atom. The number of hydrogen-bond acceptors (Lipinski definition) is 4. The topological polar surface area (TPSA) is 60.5 Å². The number of amides is 1. The van der Waals surface area contributed by atoms with E-state index in [4.69, 9.17) is 9.47 Å². The van der Waals surface area contributed by atoms with Crippen LogP contribution >= 0.6 is 0 Å². The smallest absolute Gasteiger partial charge is 0.256 e.